The summed E-state index contributed by atoms with van der Waals surface area (Å²) < 4.78 is 32.4. The van der Waals surface area contributed by atoms with Crippen molar-refractivity contribution < 1.29 is 13.2 Å². The molecule has 21 heavy (non-hydrogen) atoms. The summed E-state index contributed by atoms with van der Waals surface area (Å²) in [6, 6.07) is 4.88. The van der Waals surface area contributed by atoms with E-state index in [2.05, 4.69) is 5.32 Å². The summed E-state index contributed by atoms with van der Waals surface area (Å²) in [6.07, 6.45) is -0.217. The van der Waals surface area contributed by atoms with Crippen LogP contribution in [-0.4, -0.2) is 45.1 Å². The average molecular weight is 333 g/mol. The molecule has 0 bridgehead atoms. The molecule has 7 heteroatoms. The fraction of sp³-hybridized carbons (Fsp3) is 0.571. The average Bonchev–Trinajstić information content (AvgIpc) is 2.40. The van der Waals surface area contributed by atoms with Crippen molar-refractivity contribution in [1.29, 1.82) is 0 Å². The molecule has 1 aliphatic rings. The van der Waals surface area contributed by atoms with Gasteiger partial charge in [0.05, 0.1) is 17.1 Å². The van der Waals surface area contributed by atoms with Gasteiger partial charge in [-0.15, -0.1) is 0 Å². The Hall–Kier alpha value is -0.660. The molecule has 1 aliphatic heterocycles. The van der Waals surface area contributed by atoms with Crippen molar-refractivity contribution in [1.82, 2.24) is 9.62 Å². The van der Waals surface area contributed by atoms with E-state index in [0.717, 1.165) is 5.56 Å². The Balaban J connectivity index is 2.29. The number of hydrogen-bond donors (Lipinski definition) is 1. The molecular formula is C14H21ClN2O3S. The lowest BCUT2D eigenvalue weighted by Crippen LogP contribution is -2.48. The number of hydrogen-bond acceptors (Lipinski definition) is 4. The van der Waals surface area contributed by atoms with Gasteiger partial charge in [0.1, 0.15) is 0 Å². The Morgan fingerprint density at radius 2 is 1.95 bits per heavy atom. The Morgan fingerprint density at radius 3 is 2.48 bits per heavy atom. The van der Waals surface area contributed by atoms with E-state index in [9.17, 15) is 8.42 Å². The van der Waals surface area contributed by atoms with E-state index in [1.54, 1.807) is 12.1 Å². The van der Waals surface area contributed by atoms with Gasteiger partial charge >= 0.3 is 0 Å². The molecule has 118 valence electrons. The van der Waals surface area contributed by atoms with Gasteiger partial charge in [0.25, 0.3) is 0 Å². The van der Waals surface area contributed by atoms with Gasteiger partial charge in [-0.05, 0) is 38.6 Å². The maximum atomic E-state index is 12.7. The summed E-state index contributed by atoms with van der Waals surface area (Å²) in [7, 11) is -1.72. The number of nitrogens with zero attached hydrogens (tertiary/aromatic N) is 1. The molecule has 0 amide bonds. The Bertz CT molecular complexity index is 596. The van der Waals surface area contributed by atoms with Crippen LogP contribution in [0.5, 0.6) is 0 Å². The first-order chi connectivity index (χ1) is 9.84. The van der Waals surface area contributed by atoms with Gasteiger partial charge in [-0.1, -0.05) is 17.7 Å². The van der Waals surface area contributed by atoms with E-state index >= 15 is 0 Å². The third kappa shape index (κ3) is 3.76. The second-order valence-electron chi connectivity index (χ2n) is 5.36. The van der Waals surface area contributed by atoms with Crippen LogP contribution in [-0.2, 0) is 21.3 Å². The van der Waals surface area contributed by atoms with Crippen LogP contribution in [0, 0.1) is 0 Å². The van der Waals surface area contributed by atoms with Gasteiger partial charge in [0.15, 0.2) is 0 Å². The molecule has 0 saturated carbocycles. The number of rotatable bonds is 4. The predicted molar refractivity (Wildman–Crippen MR) is 83.0 cm³/mol. The third-order valence-corrected chi connectivity index (χ3v) is 5.60. The number of nitrogens with one attached hydrogen (secondary N) is 1. The second-order valence-corrected chi connectivity index (χ2v) is 7.71. The van der Waals surface area contributed by atoms with E-state index in [4.69, 9.17) is 16.3 Å². The molecule has 0 radical (unpaired) electrons. The van der Waals surface area contributed by atoms with Crippen LogP contribution < -0.4 is 5.32 Å². The normalized spacial score (nSPS) is 24.2. The first kappa shape index (κ1) is 16.7. The zero-order valence-corrected chi connectivity index (χ0v) is 14.0. The highest BCUT2D eigenvalue weighted by Crippen LogP contribution is 2.25. The van der Waals surface area contributed by atoms with Gasteiger partial charge < -0.3 is 10.1 Å². The first-order valence-electron chi connectivity index (χ1n) is 6.93. The minimum atomic E-state index is -3.53. The van der Waals surface area contributed by atoms with Crippen molar-refractivity contribution in [2.75, 3.05) is 20.1 Å². The molecule has 1 saturated heterocycles. The van der Waals surface area contributed by atoms with Gasteiger partial charge in [0.2, 0.25) is 10.0 Å². The van der Waals surface area contributed by atoms with E-state index in [1.165, 1.54) is 10.4 Å². The van der Waals surface area contributed by atoms with E-state index in [0.29, 0.717) is 24.7 Å². The molecule has 1 aromatic carbocycles. The van der Waals surface area contributed by atoms with Crippen molar-refractivity contribution in [3.05, 3.63) is 28.8 Å². The van der Waals surface area contributed by atoms with Crippen molar-refractivity contribution >= 4 is 21.6 Å². The summed E-state index contributed by atoms with van der Waals surface area (Å²) >= 11 is 6.16. The predicted octanol–water partition coefficient (Wildman–Crippen LogP) is 1.86. The van der Waals surface area contributed by atoms with E-state index in [-0.39, 0.29) is 17.1 Å². The number of halogens is 1. The molecule has 1 N–H and O–H groups in total. The zero-order chi connectivity index (χ0) is 15.6. The molecule has 0 aromatic heterocycles. The van der Waals surface area contributed by atoms with Crippen LogP contribution in [0.4, 0.5) is 0 Å². The summed E-state index contributed by atoms with van der Waals surface area (Å²) in [5.41, 5.74) is 0.877. The van der Waals surface area contributed by atoms with Crippen molar-refractivity contribution in [2.24, 2.45) is 0 Å². The molecule has 1 fully saturated rings. The zero-order valence-electron chi connectivity index (χ0n) is 12.5. The highest BCUT2D eigenvalue weighted by Gasteiger charge is 2.32. The molecule has 1 heterocycles. The fourth-order valence-electron chi connectivity index (χ4n) is 2.50. The monoisotopic (exact) mass is 332 g/mol. The highest BCUT2D eigenvalue weighted by atomic mass is 35.5. The highest BCUT2D eigenvalue weighted by molar-refractivity contribution is 7.89. The van der Waals surface area contributed by atoms with Crippen LogP contribution in [0.1, 0.15) is 19.4 Å². The quantitative estimate of drug-likeness (QED) is 0.914. The van der Waals surface area contributed by atoms with Gasteiger partial charge in [-0.3, -0.25) is 0 Å². The lowest BCUT2D eigenvalue weighted by Gasteiger charge is -2.34. The molecule has 2 atom stereocenters. The molecule has 5 nitrogen and oxygen atoms in total. The minimum Gasteiger partial charge on any atom is -0.373 e. The molecular weight excluding hydrogens is 312 g/mol. The molecule has 2 unspecified atom stereocenters. The topological polar surface area (TPSA) is 58.6 Å². The van der Waals surface area contributed by atoms with Gasteiger partial charge in [-0.2, -0.15) is 4.31 Å². The molecule has 1 aromatic rings. The van der Waals surface area contributed by atoms with Gasteiger partial charge in [0, 0.05) is 24.7 Å². The summed E-state index contributed by atoms with van der Waals surface area (Å²) in [4.78, 5) is 0.230. The number of benzene rings is 1. The van der Waals surface area contributed by atoms with Gasteiger partial charge in [-0.25, -0.2) is 8.42 Å². The van der Waals surface area contributed by atoms with Crippen molar-refractivity contribution in [3.8, 4) is 0 Å². The van der Waals surface area contributed by atoms with E-state index < -0.39 is 10.0 Å². The van der Waals surface area contributed by atoms with Crippen LogP contribution in [0.2, 0.25) is 5.02 Å². The standard InChI is InChI=1S/C14H21ClN2O3S/c1-10-8-17(9-11(2)20-10)21(18,19)13-5-4-12(7-16-3)14(15)6-13/h4-6,10-11,16H,7-9H2,1-3H3. The van der Waals surface area contributed by atoms with E-state index in [1.807, 2.05) is 20.9 Å². The largest absolute Gasteiger partial charge is 0.373 e. The number of ether oxygens (including phenoxy) is 1. The van der Waals surface area contributed by atoms with Crippen LogP contribution in [0.3, 0.4) is 0 Å². The summed E-state index contributed by atoms with van der Waals surface area (Å²) in [6.45, 7) is 5.08. The molecule has 2 rings (SSSR count). The molecule has 0 spiro atoms. The Kier molecular flexibility index (Phi) is 5.27. The minimum absolute atomic E-state index is 0.109. The smallest absolute Gasteiger partial charge is 0.243 e. The number of sulfonamides is 1. The second kappa shape index (κ2) is 6.62. The first-order valence-corrected chi connectivity index (χ1v) is 8.75. The summed E-state index contributed by atoms with van der Waals surface area (Å²) in [5.74, 6) is 0. The fourth-order valence-corrected chi connectivity index (χ4v) is 4.43. The Morgan fingerprint density at radius 1 is 1.33 bits per heavy atom. The maximum Gasteiger partial charge on any atom is 0.243 e. The maximum absolute atomic E-state index is 12.7. The molecule has 0 aliphatic carbocycles. The third-order valence-electron chi connectivity index (χ3n) is 3.42. The number of morpholine rings is 1. The Labute approximate surface area is 131 Å². The summed E-state index contributed by atoms with van der Waals surface area (Å²) in [5, 5.41) is 3.46. The van der Waals surface area contributed by atoms with Crippen LogP contribution in [0.25, 0.3) is 0 Å². The lowest BCUT2D eigenvalue weighted by molar-refractivity contribution is -0.0440. The SMILES string of the molecule is CNCc1ccc(S(=O)(=O)N2CC(C)OC(C)C2)cc1Cl. The lowest BCUT2D eigenvalue weighted by atomic mass is 10.2. The van der Waals surface area contributed by atoms with Crippen molar-refractivity contribution in [3.63, 3.8) is 0 Å². The van der Waals surface area contributed by atoms with Crippen LogP contribution in [0.15, 0.2) is 23.1 Å². The van der Waals surface area contributed by atoms with Crippen molar-refractivity contribution in [2.45, 2.75) is 37.5 Å². The van der Waals surface area contributed by atoms with Crippen LogP contribution >= 0.6 is 11.6 Å².